The maximum absolute atomic E-state index is 10.8. The third-order valence-corrected chi connectivity index (χ3v) is 2.27. The molecule has 0 heterocycles. The number of sulfonamides is 1. The monoisotopic (exact) mass is 197 g/mol. The van der Waals surface area contributed by atoms with Crippen molar-refractivity contribution in [2.45, 2.75) is 6.82 Å². The lowest BCUT2D eigenvalue weighted by atomic mass is 9.73. The first-order valence-corrected chi connectivity index (χ1v) is 5.97. The fourth-order valence-electron chi connectivity index (χ4n) is 1.02. The largest absolute Gasteiger partial charge is 0.284 e. The van der Waals surface area contributed by atoms with Crippen LogP contribution in [-0.4, -0.2) is 22.0 Å². The molecule has 0 bridgehead atoms. The molecule has 0 radical (unpaired) electrons. The van der Waals surface area contributed by atoms with E-state index < -0.39 is 10.0 Å². The second kappa shape index (κ2) is 3.83. The van der Waals surface area contributed by atoms with Gasteiger partial charge in [-0.3, -0.25) is 4.72 Å². The van der Waals surface area contributed by atoms with E-state index in [1.807, 2.05) is 12.1 Å². The van der Waals surface area contributed by atoms with E-state index in [2.05, 4.69) is 11.5 Å². The predicted molar refractivity (Wildman–Crippen MR) is 57.6 cm³/mol. The Labute approximate surface area is 79.5 Å². The molecular weight excluding hydrogens is 185 g/mol. The molecule has 0 fully saturated rings. The quantitative estimate of drug-likeness (QED) is 0.702. The summed E-state index contributed by atoms with van der Waals surface area (Å²) in [6.45, 7) is 2.05. The SMILES string of the molecule is CBc1ccc(NS(C)(=O)=O)cc1. The Bertz CT molecular complexity index is 372. The molecule has 0 unspecified atom stereocenters. The number of nitrogens with one attached hydrogen (secondary N) is 1. The van der Waals surface area contributed by atoms with E-state index in [0.29, 0.717) is 5.69 Å². The van der Waals surface area contributed by atoms with Crippen LogP contribution in [0.15, 0.2) is 24.3 Å². The maximum atomic E-state index is 10.8. The predicted octanol–water partition coefficient (Wildman–Crippen LogP) is 0.168. The lowest BCUT2D eigenvalue weighted by Gasteiger charge is -2.03. The van der Waals surface area contributed by atoms with Crippen molar-refractivity contribution in [1.29, 1.82) is 0 Å². The topological polar surface area (TPSA) is 46.2 Å². The van der Waals surface area contributed by atoms with Crippen LogP contribution in [0.1, 0.15) is 0 Å². The van der Waals surface area contributed by atoms with Crippen LogP contribution in [0, 0.1) is 0 Å². The summed E-state index contributed by atoms with van der Waals surface area (Å²) in [4.78, 5) is 0. The molecule has 0 aliphatic rings. The zero-order valence-corrected chi connectivity index (χ0v) is 8.56. The van der Waals surface area contributed by atoms with Crippen molar-refractivity contribution in [2.24, 2.45) is 0 Å². The first kappa shape index (κ1) is 10.1. The highest BCUT2D eigenvalue weighted by Crippen LogP contribution is 2.05. The minimum absolute atomic E-state index is 0.611. The first-order chi connectivity index (χ1) is 6.01. The van der Waals surface area contributed by atoms with E-state index >= 15 is 0 Å². The summed E-state index contributed by atoms with van der Waals surface area (Å²) in [7, 11) is -2.19. The molecule has 0 atom stereocenters. The van der Waals surface area contributed by atoms with E-state index in [1.54, 1.807) is 12.1 Å². The zero-order valence-electron chi connectivity index (χ0n) is 7.74. The second-order valence-electron chi connectivity index (χ2n) is 2.92. The Morgan fingerprint density at radius 2 is 1.77 bits per heavy atom. The molecule has 0 aliphatic heterocycles. The van der Waals surface area contributed by atoms with Gasteiger partial charge in [0.2, 0.25) is 10.0 Å². The number of benzene rings is 1. The lowest BCUT2D eigenvalue weighted by molar-refractivity contribution is 0.607. The second-order valence-corrected chi connectivity index (χ2v) is 4.67. The van der Waals surface area contributed by atoms with Crippen LogP contribution < -0.4 is 10.2 Å². The fourth-order valence-corrected chi connectivity index (χ4v) is 1.59. The van der Waals surface area contributed by atoms with Gasteiger partial charge in [0.15, 0.2) is 7.28 Å². The van der Waals surface area contributed by atoms with Gasteiger partial charge in [0, 0.05) is 5.69 Å². The van der Waals surface area contributed by atoms with Gasteiger partial charge < -0.3 is 0 Å². The standard InChI is InChI=1S/C8H12BNO2S/c1-9-7-3-5-8(6-4-7)10-13(2,11)12/h3-6,9-10H,1-2H3. The minimum atomic E-state index is -3.15. The molecule has 1 rings (SSSR count). The molecule has 0 aliphatic carbocycles. The summed E-state index contributed by atoms with van der Waals surface area (Å²) >= 11 is 0. The van der Waals surface area contributed by atoms with Gasteiger partial charge in [0.1, 0.15) is 0 Å². The molecule has 1 aromatic rings. The van der Waals surface area contributed by atoms with E-state index in [-0.39, 0.29) is 0 Å². The van der Waals surface area contributed by atoms with Crippen LogP contribution in [0.2, 0.25) is 6.82 Å². The average molecular weight is 197 g/mol. The van der Waals surface area contributed by atoms with Crippen LogP contribution in [0.3, 0.4) is 0 Å². The van der Waals surface area contributed by atoms with Crippen molar-refractivity contribution in [3.05, 3.63) is 24.3 Å². The third-order valence-electron chi connectivity index (χ3n) is 1.67. The van der Waals surface area contributed by atoms with Crippen molar-refractivity contribution >= 4 is 28.5 Å². The van der Waals surface area contributed by atoms with Gasteiger partial charge in [-0.05, 0) is 12.1 Å². The normalized spacial score (nSPS) is 10.9. The zero-order chi connectivity index (χ0) is 9.90. The number of hydrogen-bond donors (Lipinski definition) is 1. The van der Waals surface area contributed by atoms with Crippen LogP contribution in [0.4, 0.5) is 5.69 Å². The Balaban J connectivity index is 2.81. The number of rotatable bonds is 3. The Morgan fingerprint density at radius 1 is 1.23 bits per heavy atom. The third kappa shape index (κ3) is 3.50. The van der Waals surface area contributed by atoms with Gasteiger partial charge in [-0.1, -0.05) is 24.4 Å². The highest BCUT2D eigenvalue weighted by molar-refractivity contribution is 7.92. The van der Waals surface area contributed by atoms with Crippen molar-refractivity contribution in [3.8, 4) is 0 Å². The first-order valence-electron chi connectivity index (χ1n) is 4.08. The van der Waals surface area contributed by atoms with Gasteiger partial charge in [0.05, 0.1) is 6.26 Å². The van der Waals surface area contributed by atoms with Crippen molar-refractivity contribution in [2.75, 3.05) is 11.0 Å². The van der Waals surface area contributed by atoms with E-state index in [9.17, 15) is 8.42 Å². The minimum Gasteiger partial charge on any atom is -0.284 e. The lowest BCUT2D eigenvalue weighted by Crippen LogP contribution is -2.12. The Morgan fingerprint density at radius 3 is 2.15 bits per heavy atom. The maximum Gasteiger partial charge on any atom is 0.229 e. The number of hydrogen-bond acceptors (Lipinski definition) is 2. The molecule has 70 valence electrons. The van der Waals surface area contributed by atoms with Crippen LogP contribution in [0.5, 0.6) is 0 Å². The van der Waals surface area contributed by atoms with Gasteiger partial charge >= 0.3 is 0 Å². The highest BCUT2D eigenvalue weighted by atomic mass is 32.2. The summed E-state index contributed by atoms with van der Waals surface area (Å²) in [5.41, 5.74) is 1.80. The smallest absolute Gasteiger partial charge is 0.229 e. The molecule has 0 saturated heterocycles. The molecule has 0 spiro atoms. The molecule has 1 aromatic carbocycles. The summed E-state index contributed by atoms with van der Waals surface area (Å²) < 4.78 is 24.1. The molecule has 0 saturated carbocycles. The van der Waals surface area contributed by atoms with Crippen molar-refractivity contribution in [1.82, 2.24) is 0 Å². The van der Waals surface area contributed by atoms with Gasteiger partial charge in [0.25, 0.3) is 0 Å². The highest BCUT2D eigenvalue weighted by Gasteiger charge is 2.00. The molecule has 3 nitrogen and oxygen atoms in total. The summed E-state index contributed by atoms with van der Waals surface area (Å²) in [5.74, 6) is 0. The molecular formula is C8H12BNO2S. The summed E-state index contributed by atoms with van der Waals surface area (Å²) in [6, 6.07) is 7.35. The van der Waals surface area contributed by atoms with Crippen LogP contribution in [-0.2, 0) is 10.0 Å². The molecule has 13 heavy (non-hydrogen) atoms. The van der Waals surface area contributed by atoms with Gasteiger partial charge in [-0.15, -0.1) is 0 Å². The number of anilines is 1. The van der Waals surface area contributed by atoms with Crippen LogP contribution in [0.25, 0.3) is 0 Å². The summed E-state index contributed by atoms with van der Waals surface area (Å²) in [5, 5.41) is 0. The molecule has 0 amide bonds. The molecule has 0 aromatic heterocycles. The molecule has 1 N–H and O–H groups in total. The van der Waals surface area contributed by atoms with Crippen molar-refractivity contribution < 1.29 is 8.42 Å². The fraction of sp³-hybridized carbons (Fsp3) is 0.250. The van der Waals surface area contributed by atoms with Crippen molar-refractivity contribution in [3.63, 3.8) is 0 Å². The average Bonchev–Trinajstić information content (AvgIpc) is 2.03. The summed E-state index contributed by atoms with van der Waals surface area (Å²) in [6.07, 6.45) is 1.14. The Hall–Kier alpha value is -0.965. The van der Waals surface area contributed by atoms with E-state index in [1.165, 1.54) is 5.46 Å². The van der Waals surface area contributed by atoms with Gasteiger partial charge in [-0.2, -0.15) is 0 Å². The van der Waals surface area contributed by atoms with Crippen LogP contribution >= 0.6 is 0 Å². The van der Waals surface area contributed by atoms with E-state index in [0.717, 1.165) is 13.5 Å². The Kier molecular flexibility index (Phi) is 2.98. The van der Waals surface area contributed by atoms with E-state index in [4.69, 9.17) is 0 Å². The van der Waals surface area contributed by atoms with Gasteiger partial charge in [-0.25, -0.2) is 8.42 Å². The molecule has 5 heteroatoms.